The van der Waals surface area contributed by atoms with E-state index in [0.29, 0.717) is 17.3 Å². The molecule has 7 heteroatoms. The molecular weight excluding hydrogens is 396 g/mol. The summed E-state index contributed by atoms with van der Waals surface area (Å²) in [4.78, 5) is 11.6. The molecule has 154 valence electrons. The van der Waals surface area contributed by atoms with Crippen LogP contribution in [0.4, 0.5) is 11.5 Å². The topological polar surface area (TPSA) is 82.3 Å². The highest BCUT2D eigenvalue weighted by Crippen LogP contribution is 2.34. The summed E-state index contributed by atoms with van der Waals surface area (Å²) < 4.78 is 10.8. The number of nitrogens with one attached hydrogen (secondary N) is 1. The summed E-state index contributed by atoms with van der Waals surface area (Å²) in [6.07, 6.45) is 0.884. The summed E-state index contributed by atoms with van der Waals surface area (Å²) in [6.45, 7) is 2.64. The van der Waals surface area contributed by atoms with Gasteiger partial charge in [0.2, 0.25) is 0 Å². The molecular formula is C23H24N4O2S. The minimum Gasteiger partial charge on any atom is -0.493 e. The SMILES string of the molecule is COc1cc2nc(C)nc(NCCc3ccc(-c4ccccc4N)s3)c2cc1OC. The molecule has 4 aromatic rings. The minimum atomic E-state index is 0.653. The summed E-state index contributed by atoms with van der Waals surface area (Å²) >= 11 is 1.76. The fourth-order valence-electron chi connectivity index (χ4n) is 3.39. The van der Waals surface area contributed by atoms with Gasteiger partial charge in [0.1, 0.15) is 11.6 Å². The van der Waals surface area contributed by atoms with E-state index in [9.17, 15) is 0 Å². The number of aryl methyl sites for hydroxylation is 1. The van der Waals surface area contributed by atoms with Gasteiger partial charge in [-0.15, -0.1) is 11.3 Å². The van der Waals surface area contributed by atoms with Crippen LogP contribution in [0.1, 0.15) is 10.7 Å². The molecule has 0 aliphatic rings. The van der Waals surface area contributed by atoms with Crippen molar-refractivity contribution in [2.75, 3.05) is 31.8 Å². The monoisotopic (exact) mass is 420 g/mol. The van der Waals surface area contributed by atoms with Gasteiger partial charge in [-0.1, -0.05) is 18.2 Å². The Morgan fingerprint density at radius 3 is 2.53 bits per heavy atom. The normalized spacial score (nSPS) is 10.9. The quantitative estimate of drug-likeness (QED) is 0.413. The Balaban J connectivity index is 1.52. The molecule has 30 heavy (non-hydrogen) atoms. The zero-order chi connectivity index (χ0) is 21.1. The fourth-order valence-corrected chi connectivity index (χ4v) is 4.44. The highest BCUT2D eigenvalue weighted by atomic mass is 32.1. The first-order chi connectivity index (χ1) is 14.6. The maximum Gasteiger partial charge on any atom is 0.162 e. The predicted molar refractivity (Wildman–Crippen MR) is 124 cm³/mol. The summed E-state index contributed by atoms with van der Waals surface area (Å²) in [5.74, 6) is 2.81. The Hall–Kier alpha value is -3.32. The molecule has 0 aliphatic carbocycles. The van der Waals surface area contributed by atoms with E-state index in [2.05, 4.69) is 33.5 Å². The van der Waals surface area contributed by atoms with Crippen LogP contribution in [0.2, 0.25) is 0 Å². The number of hydrogen-bond donors (Lipinski definition) is 2. The van der Waals surface area contributed by atoms with Crippen LogP contribution < -0.4 is 20.5 Å². The van der Waals surface area contributed by atoms with E-state index in [-0.39, 0.29) is 0 Å². The molecule has 0 spiro atoms. The number of fused-ring (bicyclic) bond motifs is 1. The van der Waals surface area contributed by atoms with Crippen LogP contribution in [0.5, 0.6) is 11.5 Å². The van der Waals surface area contributed by atoms with Crippen molar-refractivity contribution in [1.29, 1.82) is 0 Å². The fraction of sp³-hybridized carbons (Fsp3) is 0.217. The maximum atomic E-state index is 6.11. The first-order valence-electron chi connectivity index (χ1n) is 9.67. The van der Waals surface area contributed by atoms with Crippen molar-refractivity contribution in [2.24, 2.45) is 0 Å². The number of rotatable bonds is 7. The molecule has 0 radical (unpaired) electrons. The summed E-state index contributed by atoms with van der Waals surface area (Å²) in [7, 11) is 3.24. The number of aromatic nitrogens is 2. The van der Waals surface area contributed by atoms with Crippen molar-refractivity contribution in [3.05, 3.63) is 59.2 Å². The van der Waals surface area contributed by atoms with Gasteiger partial charge < -0.3 is 20.5 Å². The Labute approximate surface area is 179 Å². The number of hydrogen-bond acceptors (Lipinski definition) is 7. The number of nitrogen functional groups attached to an aromatic ring is 1. The number of para-hydroxylation sites is 1. The Kier molecular flexibility index (Phi) is 5.72. The molecule has 2 heterocycles. The first kappa shape index (κ1) is 20.0. The molecule has 0 saturated heterocycles. The number of nitrogens with zero attached hydrogens (tertiary/aromatic N) is 2. The second kappa shape index (κ2) is 8.59. The van der Waals surface area contributed by atoms with Crippen molar-refractivity contribution in [2.45, 2.75) is 13.3 Å². The third-order valence-electron chi connectivity index (χ3n) is 4.86. The Morgan fingerprint density at radius 2 is 1.77 bits per heavy atom. The molecule has 0 amide bonds. The number of nitrogens with two attached hydrogens (primary N) is 1. The van der Waals surface area contributed by atoms with Gasteiger partial charge in [-0.2, -0.15) is 0 Å². The third kappa shape index (κ3) is 4.02. The molecule has 0 unspecified atom stereocenters. The van der Waals surface area contributed by atoms with Gasteiger partial charge in [0, 0.05) is 39.0 Å². The molecule has 0 atom stereocenters. The number of anilines is 2. The molecule has 2 aromatic carbocycles. The predicted octanol–water partition coefficient (Wildman–Crippen LogP) is 4.92. The van der Waals surface area contributed by atoms with Gasteiger partial charge in [0.15, 0.2) is 11.5 Å². The van der Waals surface area contributed by atoms with E-state index in [0.717, 1.165) is 40.9 Å². The molecule has 2 aromatic heterocycles. The lowest BCUT2D eigenvalue weighted by molar-refractivity contribution is 0.356. The molecule has 6 nitrogen and oxygen atoms in total. The van der Waals surface area contributed by atoms with E-state index in [1.807, 2.05) is 37.3 Å². The van der Waals surface area contributed by atoms with Crippen LogP contribution in [-0.4, -0.2) is 30.7 Å². The highest BCUT2D eigenvalue weighted by Gasteiger charge is 2.12. The molecule has 0 fully saturated rings. The van der Waals surface area contributed by atoms with Gasteiger partial charge in [-0.05, 0) is 37.6 Å². The lowest BCUT2D eigenvalue weighted by Gasteiger charge is -2.13. The van der Waals surface area contributed by atoms with Crippen molar-refractivity contribution in [3.63, 3.8) is 0 Å². The molecule has 0 aliphatic heterocycles. The average Bonchev–Trinajstić information content (AvgIpc) is 3.21. The van der Waals surface area contributed by atoms with E-state index in [4.69, 9.17) is 15.2 Å². The number of methoxy groups -OCH3 is 2. The first-order valence-corrected chi connectivity index (χ1v) is 10.5. The van der Waals surface area contributed by atoms with Crippen molar-refractivity contribution in [1.82, 2.24) is 9.97 Å². The number of thiophene rings is 1. The van der Waals surface area contributed by atoms with Crippen molar-refractivity contribution >= 4 is 33.7 Å². The molecule has 0 bridgehead atoms. The van der Waals surface area contributed by atoms with E-state index >= 15 is 0 Å². The minimum absolute atomic E-state index is 0.653. The standard InChI is InChI=1S/C23H24N4O2S/c1-14-26-19-13-21(29-3)20(28-2)12-17(19)23(27-14)25-11-10-15-8-9-22(30-15)16-6-4-5-7-18(16)24/h4-9,12-13H,10-11,24H2,1-3H3,(H,25,26,27). The smallest absolute Gasteiger partial charge is 0.162 e. The number of benzene rings is 2. The third-order valence-corrected chi connectivity index (χ3v) is 6.04. The van der Waals surface area contributed by atoms with Crippen LogP contribution in [0.25, 0.3) is 21.3 Å². The average molecular weight is 421 g/mol. The summed E-state index contributed by atoms with van der Waals surface area (Å²) in [5.41, 5.74) is 8.82. The van der Waals surface area contributed by atoms with Gasteiger partial charge in [0.05, 0.1) is 19.7 Å². The van der Waals surface area contributed by atoms with Crippen molar-refractivity contribution in [3.8, 4) is 21.9 Å². The van der Waals surface area contributed by atoms with Gasteiger partial charge in [0.25, 0.3) is 0 Å². The van der Waals surface area contributed by atoms with Gasteiger partial charge >= 0.3 is 0 Å². The number of ether oxygens (including phenoxy) is 2. The summed E-state index contributed by atoms with van der Waals surface area (Å²) in [6, 6.07) is 16.0. The molecule has 4 rings (SSSR count). The largest absolute Gasteiger partial charge is 0.493 e. The van der Waals surface area contributed by atoms with E-state index in [1.54, 1.807) is 25.6 Å². The van der Waals surface area contributed by atoms with E-state index < -0.39 is 0 Å². The second-order valence-corrected chi connectivity index (χ2v) is 8.04. The van der Waals surface area contributed by atoms with Crippen LogP contribution >= 0.6 is 11.3 Å². The van der Waals surface area contributed by atoms with Gasteiger partial charge in [-0.3, -0.25) is 0 Å². The van der Waals surface area contributed by atoms with Crippen LogP contribution in [0, 0.1) is 6.92 Å². The van der Waals surface area contributed by atoms with Gasteiger partial charge in [-0.25, -0.2) is 9.97 Å². The molecule has 0 saturated carbocycles. The zero-order valence-corrected chi connectivity index (χ0v) is 18.0. The maximum absolute atomic E-state index is 6.11. The highest BCUT2D eigenvalue weighted by molar-refractivity contribution is 7.15. The molecule has 3 N–H and O–H groups in total. The van der Waals surface area contributed by atoms with Crippen LogP contribution in [0.3, 0.4) is 0 Å². The second-order valence-electron chi connectivity index (χ2n) is 6.87. The Bertz CT molecular complexity index is 1190. The van der Waals surface area contributed by atoms with Crippen molar-refractivity contribution < 1.29 is 9.47 Å². The van der Waals surface area contributed by atoms with Crippen LogP contribution in [0.15, 0.2) is 48.5 Å². The lowest BCUT2D eigenvalue weighted by Crippen LogP contribution is -2.08. The summed E-state index contributed by atoms with van der Waals surface area (Å²) in [5, 5.41) is 4.37. The lowest BCUT2D eigenvalue weighted by atomic mass is 10.1. The van der Waals surface area contributed by atoms with E-state index in [1.165, 1.54) is 9.75 Å². The van der Waals surface area contributed by atoms with Crippen LogP contribution in [-0.2, 0) is 6.42 Å². The zero-order valence-electron chi connectivity index (χ0n) is 17.2. The Morgan fingerprint density at radius 1 is 1.00 bits per heavy atom.